The molecule has 0 saturated heterocycles. The summed E-state index contributed by atoms with van der Waals surface area (Å²) in [4.78, 5) is 37.2. The molecule has 0 aliphatic heterocycles. The first-order valence-electron chi connectivity index (χ1n) is 20.5. The minimum Gasteiger partial charge on any atom is -0.462 e. The summed E-state index contributed by atoms with van der Waals surface area (Å²) in [6, 6.07) is 0. The van der Waals surface area contributed by atoms with Crippen LogP contribution in [0.2, 0.25) is 0 Å². The highest BCUT2D eigenvalue weighted by molar-refractivity contribution is 5.71. The van der Waals surface area contributed by atoms with Gasteiger partial charge in [-0.1, -0.05) is 175 Å². The average molecular weight is 683 g/mol. The van der Waals surface area contributed by atoms with Crippen molar-refractivity contribution in [3.05, 3.63) is 0 Å². The van der Waals surface area contributed by atoms with E-state index in [1.54, 1.807) is 0 Å². The number of ether oxygens (including phenoxy) is 3. The number of carbonyl (C=O) groups excluding carboxylic acids is 3. The number of aliphatic hydroxyl groups excluding tert-OH is 1. The van der Waals surface area contributed by atoms with Crippen molar-refractivity contribution < 1.29 is 33.7 Å². The average Bonchev–Trinajstić information content (AvgIpc) is 3.06. The van der Waals surface area contributed by atoms with E-state index < -0.39 is 12.1 Å². The van der Waals surface area contributed by atoms with Crippen molar-refractivity contribution in [1.29, 1.82) is 0 Å². The van der Waals surface area contributed by atoms with Crippen molar-refractivity contribution in [2.75, 3.05) is 19.8 Å². The lowest BCUT2D eigenvalue weighted by molar-refractivity contribution is -0.167. The molecule has 7 nitrogen and oxygen atoms in total. The molecule has 0 aromatic rings. The first-order valence-corrected chi connectivity index (χ1v) is 20.5. The molecule has 0 bridgehead atoms. The molecule has 1 N–H and O–H groups in total. The Balaban J connectivity index is 4.15. The molecule has 0 spiro atoms. The van der Waals surface area contributed by atoms with Crippen molar-refractivity contribution in [3.63, 3.8) is 0 Å². The van der Waals surface area contributed by atoms with Gasteiger partial charge in [-0.3, -0.25) is 14.4 Å². The van der Waals surface area contributed by atoms with Gasteiger partial charge in [0.05, 0.1) is 0 Å². The normalized spacial score (nSPS) is 11.9. The minimum atomic E-state index is -0.829. The van der Waals surface area contributed by atoms with Crippen LogP contribution >= 0.6 is 0 Å². The highest BCUT2D eigenvalue weighted by Gasteiger charge is 2.21. The van der Waals surface area contributed by atoms with E-state index in [9.17, 15) is 14.4 Å². The summed E-state index contributed by atoms with van der Waals surface area (Å²) in [7, 11) is 0. The largest absolute Gasteiger partial charge is 0.462 e. The van der Waals surface area contributed by atoms with Crippen LogP contribution in [-0.2, 0) is 28.6 Å². The second kappa shape index (κ2) is 36.6. The van der Waals surface area contributed by atoms with Crippen LogP contribution in [0.3, 0.4) is 0 Å². The van der Waals surface area contributed by atoms with Gasteiger partial charge < -0.3 is 19.3 Å². The number of rotatable bonds is 37. The Labute approximate surface area is 296 Å². The molecule has 1 unspecified atom stereocenters. The van der Waals surface area contributed by atoms with Gasteiger partial charge in [0.15, 0.2) is 6.10 Å². The van der Waals surface area contributed by atoms with Crippen LogP contribution in [0.15, 0.2) is 0 Å². The van der Waals surface area contributed by atoms with E-state index >= 15 is 0 Å². The summed E-state index contributed by atoms with van der Waals surface area (Å²) >= 11 is 0. The Hall–Kier alpha value is -1.63. The summed E-state index contributed by atoms with van der Waals surface area (Å²) in [6.07, 6.45) is 32.8. The van der Waals surface area contributed by atoms with Crippen LogP contribution in [0, 0.1) is 5.92 Å². The lowest BCUT2D eigenvalue weighted by atomic mass is 10.0. The molecule has 0 amide bonds. The maximum Gasteiger partial charge on any atom is 0.306 e. The van der Waals surface area contributed by atoms with E-state index in [0.717, 1.165) is 38.5 Å². The lowest BCUT2D eigenvalue weighted by Crippen LogP contribution is -2.31. The van der Waals surface area contributed by atoms with E-state index in [1.165, 1.54) is 128 Å². The van der Waals surface area contributed by atoms with Crippen molar-refractivity contribution in [2.24, 2.45) is 5.92 Å². The van der Waals surface area contributed by atoms with E-state index in [1.807, 2.05) is 6.92 Å². The third kappa shape index (κ3) is 34.2. The zero-order valence-corrected chi connectivity index (χ0v) is 31.9. The van der Waals surface area contributed by atoms with Gasteiger partial charge >= 0.3 is 17.9 Å². The fourth-order valence-corrected chi connectivity index (χ4v) is 6.05. The molecule has 1 atom stereocenters. The summed E-state index contributed by atoms with van der Waals surface area (Å²) < 4.78 is 16.4. The van der Waals surface area contributed by atoms with Gasteiger partial charge in [0.2, 0.25) is 0 Å². The zero-order chi connectivity index (χ0) is 35.3. The Bertz CT molecular complexity index is 680. The highest BCUT2D eigenvalue weighted by Crippen LogP contribution is 2.15. The highest BCUT2D eigenvalue weighted by atomic mass is 16.6. The van der Waals surface area contributed by atoms with Crippen LogP contribution < -0.4 is 0 Å². The third-order valence-electron chi connectivity index (χ3n) is 9.26. The molecule has 0 rings (SSSR count). The molecule has 0 aromatic carbocycles. The lowest BCUT2D eigenvalue weighted by Gasteiger charge is -2.19. The van der Waals surface area contributed by atoms with Gasteiger partial charge in [-0.15, -0.1) is 0 Å². The molecule has 284 valence electrons. The second-order valence-corrected chi connectivity index (χ2v) is 14.3. The molecule has 0 heterocycles. The third-order valence-corrected chi connectivity index (χ3v) is 9.26. The smallest absolute Gasteiger partial charge is 0.306 e. The quantitative estimate of drug-likeness (QED) is 0.0395. The standard InChI is InChI=1S/C41H78O7/c1-4-6-8-10-12-14-16-18-20-22-24-26-28-30-39(43)46-35-38(48-41(45)34-37(3)32-33-42)36-47-40(44)31-29-27-25-23-21-19-17-15-13-11-9-7-5-2/h37-38,42H,4-36H2,1-3H3. The summed E-state index contributed by atoms with van der Waals surface area (Å²) in [5, 5.41) is 9.14. The first kappa shape index (κ1) is 46.4. The molecule has 0 saturated carbocycles. The molecule has 7 heteroatoms. The molecular weight excluding hydrogens is 604 g/mol. The Morgan fingerprint density at radius 3 is 1.10 bits per heavy atom. The molecule has 0 fully saturated rings. The van der Waals surface area contributed by atoms with E-state index in [2.05, 4.69) is 13.8 Å². The van der Waals surface area contributed by atoms with Crippen LogP contribution in [0.25, 0.3) is 0 Å². The van der Waals surface area contributed by atoms with Crippen LogP contribution in [-0.4, -0.2) is 48.9 Å². The Kier molecular flexibility index (Phi) is 35.4. The van der Waals surface area contributed by atoms with Gasteiger partial charge in [0, 0.05) is 25.9 Å². The van der Waals surface area contributed by atoms with Crippen LogP contribution in [0.5, 0.6) is 0 Å². The molecule has 0 aliphatic rings. The number of carbonyl (C=O) groups is 3. The van der Waals surface area contributed by atoms with Gasteiger partial charge in [0.1, 0.15) is 13.2 Å². The van der Waals surface area contributed by atoms with Gasteiger partial charge in [-0.2, -0.15) is 0 Å². The Morgan fingerprint density at radius 1 is 0.479 bits per heavy atom. The monoisotopic (exact) mass is 683 g/mol. The molecule has 48 heavy (non-hydrogen) atoms. The van der Waals surface area contributed by atoms with Crippen molar-refractivity contribution in [2.45, 2.75) is 219 Å². The summed E-state index contributed by atoms with van der Waals surface area (Å²) in [5.41, 5.74) is 0. The van der Waals surface area contributed by atoms with E-state index in [-0.39, 0.29) is 44.1 Å². The van der Waals surface area contributed by atoms with E-state index in [4.69, 9.17) is 19.3 Å². The number of hydrogen-bond donors (Lipinski definition) is 1. The van der Waals surface area contributed by atoms with Crippen molar-refractivity contribution in [3.8, 4) is 0 Å². The molecule has 0 radical (unpaired) electrons. The first-order chi connectivity index (χ1) is 23.4. The molecule has 0 aliphatic carbocycles. The molecular formula is C41H78O7. The number of aliphatic hydroxyl groups is 1. The van der Waals surface area contributed by atoms with Gasteiger partial charge in [0.25, 0.3) is 0 Å². The summed E-state index contributed by atoms with van der Waals surface area (Å²) in [5.74, 6) is -1.10. The molecule has 0 aromatic heterocycles. The van der Waals surface area contributed by atoms with Crippen molar-refractivity contribution >= 4 is 17.9 Å². The SMILES string of the molecule is CCCCCCCCCCCCCCCC(=O)OCC(COC(=O)CCCCCCCCCCCCCCC)OC(=O)CC(C)CCO. The van der Waals surface area contributed by atoms with Crippen molar-refractivity contribution in [1.82, 2.24) is 0 Å². The fourth-order valence-electron chi connectivity index (χ4n) is 6.05. The topological polar surface area (TPSA) is 99.1 Å². The van der Waals surface area contributed by atoms with Crippen LogP contribution in [0.4, 0.5) is 0 Å². The van der Waals surface area contributed by atoms with E-state index in [0.29, 0.717) is 19.3 Å². The number of hydrogen-bond acceptors (Lipinski definition) is 7. The number of esters is 3. The van der Waals surface area contributed by atoms with Crippen LogP contribution in [0.1, 0.15) is 213 Å². The fraction of sp³-hybridized carbons (Fsp3) is 0.927. The predicted octanol–water partition coefficient (Wildman–Crippen LogP) is 11.4. The predicted molar refractivity (Wildman–Crippen MR) is 198 cm³/mol. The summed E-state index contributed by atoms with van der Waals surface area (Å²) in [6.45, 7) is 6.14. The van der Waals surface area contributed by atoms with Gasteiger partial charge in [-0.05, 0) is 25.2 Å². The zero-order valence-electron chi connectivity index (χ0n) is 31.9. The Morgan fingerprint density at radius 2 is 0.792 bits per heavy atom. The van der Waals surface area contributed by atoms with Gasteiger partial charge in [-0.25, -0.2) is 0 Å². The maximum atomic E-state index is 12.5. The minimum absolute atomic E-state index is 0.00544. The second-order valence-electron chi connectivity index (χ2n) is 14.3. The maximum absolute atomic E-state index is 12.5. The number of unbranched alkanes of at least 4 members (excludes halogenated alkanes) is 24.